The van der Waals surface area contributed by atoms with Gasteiger partial charge < -0.3 is 15.2 Å². The molecule has 4 heteroatoms. The van der Waals surface area contributed by atoms with Crippen LogP contribution in [0.25, 0.3) is 0 Å². The summed E-state index contributed by atoms with van der Waals surface area (Å²) in [4.78, 5) is 22.0. The van der Waals surface area contributed by atoms with E-state index in [0.29, 0.717) is 13.0 Å². The second-order valence-electron chi connectivity index (χ2n) is 4.97. The standard InChI is InChI=1S/C12H23NO3/c1-10(15)5-6-11(16)13-9-12(2,3)7-4-8-14/h14H,4-9H2,1-3H3,(H,13,16). The molecule has 2 N–H and O–H groups in total. The smallest absolute Gasteiger partial charge is 0.220 e. The molecule has 0 saturated carbocycles. The Hall–Kier alpha value is -0.900. The molecule has 94 valence electrons. The third-order valence-corrected chi connectivity index (χ3v) is 2.48. The monoisotopic (exact) mass is 229 g/mol. The lowest BCUT2D eigenvalue weighted by atomic mass is 9.88. The molecule has 0 aromatic carbocycles. The van der Waals surface area contributed by atoms with Crippen LogP contribution in [0.1, 0.15) is 46.5 Å². The first-order valence-electron chi connectivity index (χ1n) is 5.74. The highest BCUT2D eigenvalue weighted by Crippen LogP contribution is 2.20. The van der Waals surface area contributed by atoms with E-state index < -0.39 is 0 Å². The van der Waals surface area contributed by atoms with E-state index in [1.54, 1.807) is 0 Å². The van der Waals surface area contributed by atoms with Crippen LogP contribution in [0, 0.1) is 5.41 Å². The molecule has 1 amide bonds. The van der Waals surface area contributed by atoms with Crippen molar-refractivity contribution in [3.63, 3.8) is 0 Å². The predicted molar refractivity (Wildman–Crippen MR) is 63.0 cm³/mol. The van der Waals surface area contributed by atoms with Gasteiger partial charge in [0.2, 0.25) is 5.91 Å². The number of hydrogen-bond donors (Lipinski definition) is 2. The Morgan fingerprint density at radius 2 is 1.88 bits per heavy atom. The van der Waals surface area contributed by atoms with Crippen LogP contribution in [0.3, 0.4) is 0 Å². The molecule has 0 saturated heterocycles. The zero-order valence-electron chi connectivity index (χ0n) is 10.5. The normalized spacial score (nSPS) is 11.2. The van der Waals surface area contributed by atoms with Crippen molar-refractivity contribution in [1.82, 2.24) is 5.32 Å². The summed E-state index contributed by atoms with van der Waals surface area (Å²) in [6.07, 6.45) is 2.20. The van der Waals surface area contributed by atoms with Gasteiger partial charge >= 0.3 is 0 Å². The van der Waals surface area contributed by atoms with Crippen LogP contribution < -0.4 is 5.32 Å². The highest BCUT2D eigenvalue weighted by Gasteiger charge is 2.18. The molecule has 0 spiro atoms. The number of nitrogens with one attached hydrogen (secondary N) is 1. The van der Waals surface area contributed by atoms with Crippen LogP contribution in [0.4, 0.5) is 0 Å². The summed E-state index contributed by atoms with van der Waals surface area (Å²) in [5.74, 6) is -0.0398. The van der Waals surface area contributed by atoms with Crippen molar-refractivity contribution >= 4 is 11.7 Å². The summed E-state index contributed by atoms with van der Waals surface area (Å²) < 4.78 is 0. The summed E-state index contributed by atoms with van der Waals surface area (Å²) in [7, 11) is 0. The summed E-state index contributed by atoms with van der Waals surface area (Å²) in [6, 6.07) is 0. The SMILES string of the molecule is CC(=O)CCC(=O)NCC(C)(C)CCCO. The Bertz CT molecular complexity index is 236. The average molecular weight is 229 g/mol. The zero-order chi connectivity index (χ0) is 12.6. The lowest BCUT2D eigenvalue weighted by Crippen LogP contribution is -2.34. The first-order chi connectivity index (χ1) is 7.37. The van der Waals surface area contributed by atoms with E-state index >= 15 is 0 Å². The van der Waals surface area contributed by atoms with Gasteiger partial charge in [-0.15, -0.1) is 0 Å². The van der Waals surface area contributed by atoms with Crippen molar-refractivity contribution in [2.45, 2.75) is 46.5 Å². The van der Waals surface area contributed by atoms with Crippen LogP contribution in [-0.2, 0) is 9.59 Å². The van der Waals surface area contributed by atoms with Gasteiger partial charge in [-0.05, 0) is 25.2 Å². The maximum atomic E-state index is 11.4. The molecular weight excluding hydrogens is 206 g/mol. The lowest BCUT2D eigenvalue weighted by Gasteiger charge is -2.24. The topological polar surface area (TPSA) is 66.4 Å². The van der Waals surface area contributed by atoms with Gasteiger partial charge in [-0.25, -0.2) is 0 Å². The molecule has 0 radical (unpaired) electrons. The van der Waals surface area contributed by atoms with Gasteiger partial charge in [0.25, 0.3) is 0 Å². The fourth-order valence-corrected chi connectivity index (χ4v) is 1.36. The molecular formula is C12H23NO3. The second kappa shape index (κ2) is 7.39. The number of carbonyl (C=O) groups is 2. The third-order valence-electron chi connectivity index (χ3n) is 2.48. The number of aliphatic hydroxyl groups is 1. The summed E-state index contributed by atoms with van der Waals surface area (Å²) in [5, 5.41) is 11.5. The number of amides is 1. The zero-order valence-corrected chi connectivity index (χ0v) is 10.5. The summed E-state index contributed by atoms with van der Waals surface area (Å²) in [6.45, 7) is 6.35. The molecule has 0 fully saturated rings. The number of hydrogen-bond acceptors (Lipinski definition) is 3. The van der Waals surface area contributed by atoms with E-state index in [0.717, 1.165) is 12.8 Å². The Balaban J connectivity index is 3.76. The Labute approximate surface area is 97.4 Å². The molecule has 0 aliphatic rings. The van der Waals surface area contributed by atoms with E-state index in [1.807, 2.05) is 13.8 Å². The molecule has 0 aliphatic heterocycles. The molecule has 0 bridgehead atoms. The maximum Gasteiger partial charge on any atom is 0.220 e. The second-order valence-corrected chi connectivity index (χ2v) is 4.97. The molecule has 0 aliphatic carbocycles. The van der Waals surface area contributed by atoms with E-state index in [4.69, 9.17) is 5.11 Å². The maximum absolute atomic E-state index is 11.4. The van der Waals surface area contributed by atoms with Crippen molar-refractivity contribution in [1.29, 1.82) is 0 Å². The Kier molecular flexibility index (Phi) is 6.97. The lowest BCUT2D eigenvalue weighted by molar-refractivity contribution is -0.124. The van der Waals surface area contributed by atoms with Gasteiger partial charge in [-0.3, -0.25) is 4.79 Å². The minimum Gasteiger partial charge on any atom is -0.396 e. The van der Waals surface area contributed by atoms with Crippen LogP contribution in [-0.4, -0.2) is 29.9 Å². The van der Waals surface area contributed by atoms with Gasteiger partial charge in [0, 0.05) is 26.0 Å². The molecule has 0 aromatic heterocycles. The van der Waals surface area contributed by atoms with E-state index in [-0.39, 0.29) is 30.1 Å². The minimum atomic E-state index is -0.0766. The van der Waals surface area contributed by atoms with Gasteiger partial charge in [-0.2, -0.15) is 0 Å². The number of carbonyl (C=O) groups excluding carboxylic acids is 2. The quantitative estimate of drug-likeness (QED) is 0.658. The molecule has 0 atom stereocenters. The van der Waals surface area contributed by atoms with Gasteiger partial charge in [0.05, 0.1) is 0 Å². The van der Waals surface area contributed by atoms with Crippen molar-refractivity contribution in [2.75, 3.05) is 13.2 Å². The van der Waals surface area contributed by atoms with Crippen molar-refractivity contribution < 1.29 is 14.7 Å². The van der Waals surface area contributed by atoms with E-state index in [9.17, 15) is 9.59 Å². The number of aliphatic hydroxyl groups excluding tert-OH is 1. The summed E-state index contributed by atoms with van der Waals surface area (Å²) in [5.41, 5.74) is -0.00534. The highest BCUT2D eigenvalue weighted by molar-refractivity contribution is 5.83. The number of Topliss-reactive ketones (excluding diaryl/α,β-unsaturated/α-hetero) is 1. The van der Waals surface area contributed by atoms with Crippen LogP contribution in [0.15, 0.2) is 0 Å². The average Bonchev–Trinajstić information content (AvgIpc) is 2.21. The van der Waals surface area contributed by atoms with Crippen molar-refractivity contribution in [2.24, 2.45) is 5.41 Å². The fraction of sp³-hybridized carbons (Fsp3) is 0.833. The number of rotatable bonds is 8. The van der Waals surface area contributed by atoms with Gasteiger partial charge in [0.1, 0.15) is 5.78 Å². The van der Waals surface area contributed by atoms with Crippen LogP contribution >= 0.6 is 0 Å². The van der Waals surface area contributed by atoms with Gasteiger partial charge in [0.15, 0.2) is 0 Å². The Morgan fingerprint density at radius 1 is 1.25 bits per heavy atom. The molecule has 0 unspecified atom stereocenters. The van der Waals surface area contributed by atoms with Crippen LogP contribution in [0.5, 0.6) is 0 Å². The third kappa shape index (κ3) is 8.41. The van der Waals surface area contributed by atoms with Crippen molar-refractivity contribution in [3.05, 3.63) is 0 Å². The van der Waals surface area contributed by atoms with E-state index in [1.165, 1.54) is 6.92 Å². The van der Waals surface area contributed by atoms with Crippen LogP contribution in [0.2, 0.25) is 0 Å². The minimum absolute atomic E-state index is 0.00534. The first-order valence-corrected chi connectivity index (χ1v) is 5.74. The summed E-state index contributed by atoms with van der Waals surface area (Å²) >= 11 is 0. The van der Waals surface area contributed by atoms with Gasteiger partial charge in [-0.1, -0.05) is 13.8 Å². The molecule has 4 nitrogen and oxygen atoms in total. The predicted octanol–water partition coefficient (Wildman–Crippen LogP) is 1.27. The first kappa shape index (κ1) is 15.1. The molecule has 0 aromatic rings. The molecule has 0 rings (SSSR count). The highest BCUT2D eigenvalue weighted by atomic mass is 16.3. The van der Waals surface area contributed by atoms with Crippen molar-refractivity contribution in [3.8, 4) is 0 Å². The van der Waals surface area contributed by atoms with E-state index in [2.05, 4.69) is 5.32 Å². The Morgan fingerprint density at radius 3 is 2.38 bits per heavy atom. The molecule has 16 heavy (non-hydrogen) atoms. The molecule has 0 heterocycles. The number of ketones is 1. The fourth-order valence-electron chi connectivity index (χ4n) is 1.36. The largest absolute Gasteiger partial charge is 0.396 e.